The van der Waals surface area contributed by atoms with E-state index in [-0.39, 0.29) is 0 Å². The number of ether oxygens (including phenoxy) is 2. The van der Waals surface area contributed by atoms with E-state index in [9.17, 15) is 0 Å². The van der Waals surface area contributed by atoms with E-state index in [1.165, 1.54) is 6.42 Å². The Morgan fingerprint density at radius 3 is 2.50 bits per heavy atom. The van der Waals surface area contributed by atoms with Crippen LogP contribution >= 0.6 is 0 Å². The van der Waals surface area contributed by atoms with Crippen molar-refractivity contribution in [2.24, 2.45) is 5.92 Å². The number of hydrogen-bond acceptors (Lipinski definition) is 4. The van der Waals surface area contributed by atoms with Gasteiger partial charge in [0.05, 0.1) is 14.2 Å². The number of aryl methyl sites for hydroxylation is 1. The van der Waals surface area contributed by atoms with Gasteiger partial charge in [-0.05, 0) is 24.5 Å². The van der Waals surface area contributed by atoms with Gasteiger partial charge < -0.3 is 9.47 Å². The molecule has 1 aromatic carbocycles. The Hall–Kier alpha value is -2.04. The maximum Gasteiger partial charge on any atom is 0.181 e. The van der Waals surface area contributed by atoms with Gasteiger partial charge in [0.15, 0.2) is 5.82 Å². The summed E-state index contributed by atoms with van der Waals surface area (Å²) in [4.78, 5) is 4.65. The molecule has 0 amide bonds. The molecular formula is C15H19N3O2. The first kappa shape index (κ1) is 13.0. The third-order valence-electron chi connectivity index (χ3n) is 3.70. The van der Waals surface area contributed by atoms with E-state index in [0.29, 0.717) is 5.92 Å². The highest BCUT2D eigenvalue weighted by Gasteiger charge is 2.19. The van der Waals surface area contributed by atoms with Gasteiger partial charge in [0.2, 0.25) is 0 Å². The number of methoxy groups -OCH3 is 2. The standard InChI is InChI=1S/C15H19N3O2/c1-10-4-5-14-16-15(17-18(14)9-10)11-6-12(19-2)8-13(7-11)20-3/h6-8,10H,4-5,9H2,1-3H3. The molecule has 0 aliphatic carbocycles. The molecule has 1 unspecified atom stereocenters. The first-order valence-electron chi connectivity index (χ1n) is 6.86. The number of aromatic nitrogens is 3. The molecule has 1 aliphatic rings. The zero-order valence-corrected chi connectivity index (χ0v) is 12.1. The van der Waals surface area contributed by atoms with Crippen molar-refractivity contribution >= 4 is 0 Å². The van der Waals surface area contributed by atoms with Gasteiger partial charge in [-0.3, -0.25) is 0 Å². The van der Waals surface area contributed by atoms with E-state index in [1.54, 1.807) is 14.2 Å². The molecule has 5 nitrogen and oxygen atoms in total. The highest BCUT2D eigenvalue weighted by atomic mass is 16.5. The third-order valence-corrected chi connectivity index (χ3v) is 3.70. The molecule has 1 aromatic heterocycles. The first-order valence-corrected chi connectivity index (χ1v) is 6.86. The number of fused-ring (bicyclic) bond motifs is 1. The van der Waals surface area contributed by atoms with Gasteiger partial charge in [-0.25, -0.2) is 9.67 Å². The lowest BCUT2D eigenvalue weighted by Gasteiger charge is -2.17. The minimum absolute atomic E-state index is 0.664. The topological polar surface area (TPSA) is 49.2 Å². The maximum atomic E-state index is 5.30. The smallest absolute Gasteiger partial charge is 0.181 e. The highest BCUT2D eigenvalue weighted by molar-refractivity contribution is 5.60. The van der Waals surface area contributed by atoms with Crippen LogP contribution in [0.3, 0.4) is 0 Å². The zero-order chi connectivity index (χ0) is 14.1. The van der Waals surface area contributed by atoms with Gasteiger partial charge in [0.25, 0.3) is 0 Å². The molecular weight excluding hydrogens is 254 g/mol. The van der Waals surface area contributed by atoms with E-state index in [1.807, 2.05) is 22.9 Å². The number of nitrogens with zero attached hydrogens (tertiary/aromatic N) is 3. The fraction of sp³-hybridized carbons (Fsp3) is 0.467. The Bertz CT molecular complexity index is 599. The Morgan fingerprint density at radius 1 is 1.15 bits per heavy atom. The first-order chi connectivity index (χ1) is 9.69. The molecule has 0 saturated heterocycles. The zero-order valence-electron chi connectivity index (χ0n) is 12.1. The van der Waals surface area contributed by atoms with Crippen LogP contribution in [0, 0.1) is 5.92 Å². The van der Waals surface area contributed by atoms with Crippen molar-refractivity contribution in [2.75, 3.05) is 14.2 Å². The Balaban J connectivity index is 2.00. The summed E-state index contributed by atoms with van der Waals surface area (Å²) < 4.78 is 12.6. The van der Waals surface area contributed by atoms with Gasteiger partial charge >= 0.3 is 0 Å². The summed E-state index contributed by atoms with van der Waals surface area (Å²) in [5.74, 6) is 3.98. The molecule has 0 saturated carbocycles. The van der Waals surface area contributed by atoms with E-state index in [0.717, 1.165) is 41.7 Å². The molecule has 0 N–H and O–H groups in total. The van der Waals surface area contributed by atoms with E-state index in [2.05, 4.69) is 17.0 Å². The lowest BCUT2D eigenvalue weighted by atomic mass is 10.0. The summed E-state index contributed by atoms with van der Waals surface area (Å²) in [6.07, 6.45) is 2.18. The van der Waals surface area contributed by atoms with Crippen molar-refractivity contribution in [1.29, 1.82) is 0 Å². The molecule has 0 bridgehead atoms. The normalized spacial score (nSPS) is 17.6. The van der Waals surface area contributed by atoms with Crippen molar-refractivity contribution in [3.63, 3.8) is 0 Å². The average Bonchev–Trinajstić information content (AvgIpc) is 2.89. The van der Waals surface area contributed by atoms with Crippen LogP contribution in [0.2, 0.25) is 0 Å². The van der Waals surface area contributed by atoms with Crippen LogP contribution < -0.4 is 9.47 Å². The number of rotatable bonds is 3. The largest absolute Gasteiger partial charge is 0.497 e. The second-order valence-corrected chi connectivity index (χ2v) is 5.28. The van der Waals surface area contributed by atoms with Gasteiger partial charge in [-0.2, -0.15) is 5.10 Å². The van der Waals surface area contributed by atoms with Crippen molar-refractivity contribution in [3.8, 4) is 22.9 Å². The Kier molecular flexibility index (Phi) is 3.34. The second-order valence-electron chi connectivity index (χ2n) is 5.28. The second kappa shape index (κ2) is 5.15. The van der Waals surface area contributed by atoms with Crippen molar-refractivity contribution < 1.29 is 9.47 Å². The molecule has 3 rings (SSSR count). The molecule has 5 heteroatoms. The van der Waals surface area contributed by atoms with Gasteiger partial charge in [0.1, 0.15) is 17.3 Å². The van der Waals surface area contributed by atoms with Crippen LogP contribution in [0.5, 0.6) is 11.5 Å². The van der Waals surface area contributed by atoms with E-state index >= 15 is 0 Å². The predicted octanol–water partition coefficient (Wildman–Crippen LogP) is 2.54. The summed E-state index contributed by atoms with van der Waals surface area (Å²) in [7, 11) is 3.29. The van der Waals surface area contributed by atoms with Crippen molar-refractivity contribution in [3.05, 3.63) is 24.0 Å². The molecule has 0 radical (unpaired) electrons. The summed E-state index contributed by atoms with van der Waals surface area (Å²) in [5.41, 5.74) is 0.927. The lowest BCUT2D eigenvalue weighted by molar-refractivity contribution is 0.368. The lowest BCUT2D eigenvalue weighted by Crippen LogP contribution is -2.18. The van der Waals surface area contributed by atoms with Gasteiger partial charge in [-0.15, -0.1) is 0 Å². The summed E-state index contributed by atoms with van der Waals surface area (Å²) in [6, 6.07) is 5.72. The molecule has 0 fully saturated rings. The van der Waals surface area contributed by atoms with Gasteiger partial charge in [0, 0.05) is 24.6 Å². The van der Waals surface area contributed by atoms with Crippen LogP contribution in [0.25, 0.3) is 11.4 Å². The third kappa shape index (κ3) is 2.35. The van der Waals surface area contributed by atoms with Crippen LogP contribution in [-0.2, 0) is 13.0 Å². The molecule has 2 aromatic rings. The molecule has 1 atom stereocenters. The van der Waals surface area contributed by atoms with E-state index in [4.69, 9.17) is 9.47 Å². The Morgan fingerprint density at radius 2 is 1.85 bits per heavy atom. The Labute approximate surface area is 118 Å². The molecule has 20 heavy (non-hydrogen) atoms. The number of benzene rings is 1. The minimum atomic E-state index is 0.664. The quantitative estimate of drug-likeness (QED) is 0.862. The SMILES string of the molecule is COc1cc(OC)cc(-c2nc3n(n2)CC(C)CC3)c1. The summed E-state index contributed by atoms with van der Waals surface area (Å²) in [5, 5.41) is 4.62. The van der Waals surface area contributed by atoms with Crippen molar-refractivity contribution in [1.82, 2.24) is 14.8 Å². The van der Waals surface area contributed by atoms with Gasteiger partial charge in [-0.1, -0.05) is 6.92 Å². The monoisotopic (exact) mass is 273 g/mol. The van der Waals surface area contributed by atoms with Crippen LogP contribution in [0.15, 0.2) is 18.2 Å². The maximum absolute atomic E-state index is 5.30. The predicted molar refractivity (Wildman–Crippen MR) is 76.0 cm³/mol. The summed E-state index contributed by atoms with van der Waals surface area (Å²) in [6.45, 7) is 3.20. The fourth-order valence-corrected chi connectivity index (χ4v) is 2.53. The number of hydrogen-bond donors (Lipinski definition) is 0. The fourth-order valence-electron chi connectivity index (χ4n) is 2.53. The molecule has 1 aliphatic heterocycles. The molecule has 106 valence electrons. The van der Waals surface area contributed by atoms with Crippen LogP contribution in [0.4, 0.5) is 0 Å². The highest BCUT2D eigenvalue weighted by Crippen LogP contribution is 2.29. The van der Waals surface area contributed by atoms with Crippen molar-refractivity contribution in [2.45, 2.75) is 26.3 Å². The van der Waals surface area contributed by atoms with Crippen LogP contribution in [0.1, 0.15) is 19.2 Å². The van der Waals surface area contributed by atoms with Crippen LogP contribution in [-0.4, -0.2) is 29.0 Å². The van der Waals surface area contributed by atoms with E-state index < -0.39 is 0 Å². The molecule has 2 heterocycles. The minimum Gasteiger partial charge on any atom is -0.497 e. The summed E-state index contributed by atoms with van der Waals surface area (Å²) >= 11 is 0. The average molecular weight is 273 g/mol. The molecule has 0 spiro atoms.